The highest BCUT2D eigenvalue weighted by Gasteiger charge is 2.41. The zero-order valence-corrected chi connectivity index (χ0v) is 21.1. The van der Waals surface area contributed by atoms with Crippen molar-refractivity contribution in [2.45, 2.75) is 77.7 Å². The van der Waals surface area contributed by atoms with Crippen molar-refractivity contribution in [1.82, 2.24) is 4.72 Å². The zero-order chi connectivity index (χ0) is 25.3. The molecule has 1 aliphatic heterocycles. The Morgan fingerprint density at radius 1 is 1.18 bits per heavy atom. The molecule has 1 N–H and O–H groups in total. The van der Waals surface area contributed by atoms with Gasteiger partial charge in [0.05, 0.1) is 34.6 Å². The molecule has 0 aliphatic carbocycles. The van der Waals surface area contributed by atoms with E-state index in [1.807, 2.05) is 0 Å². The van der Waals surface area contributed by atoms with Crippen molar-refractivity contribution in [2.24, 2.45) is 0 Å². The Bertz CT molecular complexity index is 980. The molecule has 1 aromatic carbocycles. The summed E-state index contributed by atoms with van der Waals surface area (Å²) in [6.45, 7) is 11.6. The maximum absolute atomic E-state index is 13.8. The largest absolute Gasteiger partial charge is 0.497 e. The third kappa shape index (κ3) is 6.38. The number of amides is 2. The lowest BCUT2D eigenvalue weighted by molar-refractivity contribution is -0.112. The average molecular weight is 487 g/mol. The van der Waals surface area contributed by atoms with E-state index < -0.39 is 45.8 Å². The first kappa shape index (κ1) is 26.9. The summed E-state index contributed by atoms with van der Waals surface area (Å²) in [5.41, 5.74) is 0.262. The number of nitrogens with one attached hydrogen (secondary N) is 1. The van der Waals surface area contributed by atoms with Gasteiger partial charge in [-0.25, -0.2) is 27.4 Å². The van der Waals surface area contributed by atoms with Gasteiger partial charge in [-0.2, -0.15) is 0 Å². The van der Waals surface area contributed by atoms with Crippen LogP contribution in [0.15, 0.2) is 23.8 Å². The highest BCUT2D eigenvalue weighted by Crippen LogP contribution is 2.42. The molecule has 2 rings (SSSR count). The number of methoxy groups -OCH3 is 1. The van der Waals surface area contributed by atoms with Crippen molar-refractivity contribution >= 4 is 34.2 Å². The van der Waals surface area contributed by atoms with E-state index in [-0.39, 0.29) is 17.7 Å². The van der Waals surface area contributed by atoms with E-state index in [2.05, 4.69) is 4.72 Å². The smallest absolute Gasteiger partial charge is 0.422 e. The molecule has 2 atom stereocenters. The Labute approximate surface area is 196 Å². The summed E-state index contributed by atoms with van der Waals surface area (Å²) in [7, 11) is -0.275. The maximum atomic E-state index is 13.8. The van der Waals surface area contributed by atoms with Crippen LogP contribution in [-0.4, -0.2) is 46.1 Å². The minimum Gasteiger partial charge on any atom is -0.497 e. The molecule has 0 bridgehead atoms. The van der Waals surface area contributed by atoms with E-state index in [1.54, 1.807) is 66.7 Å². The van der Waals surface area contributed by atoms with Crippen LogP contribution in [0.2, 0.25) is 0 Å². The number of halogens is 2. The van der Waals surface area contributed by atoms with Crippen molar-refractivity contribution in [3.8, 4) is 5.75 Å². The standard InChI is InChI=1S/C23H32F2N2O5S/c1-13(11-16(19(24)25)26-33(30)23(5,6)7)18-15-12-14(31-8)9-10-17(15)27(20(18)28)21(29)32-22(2,3)4/h9-10,12,16,19,26H,11H2,1-8H3/b18-13-/t16-,33?/m0/s1. The fourth-order valence-electron chi connectivity index (χ4n) is 3.20. The van der Waals surface area contributed by atoms with Crippen LogP contribution in [0, 0.1) is 0 Å². The molecular formula is C23H32F2N2O5S. The van der Waals surface area contributed by atoms with Gasteiger partial charge in [0.2, 0.25) is 0 Å². The molecule has 0 spiro atoms. The van der Waals surface area contributed by atoms with Crippen LogP contribution in [0.3, 0.4) is 0 Å². The van der Waals surface area contributed by atoms with Crippen LogP contribution >= 0.6 is 0 Å². The van der Waals surface area contributed by atoms with Gasteiger partial charge in [-0.3, -0.25) is 4.79 Å². The summed E-state index contributed by atoms with van der Waals surface area (Å²) in [5.74, 6) is -0.231. The van der Waals surface area contributed by atoms with E-state index in [0.29, 0.717) is 16.9 Å². The summed E-state index contributed by atoms with van der Waals surface area (Å²) in [6, 6.07) is 3.27. The van der Waals surface area contributed by atoms with Crippen LogP contribution in [0.5, 0.6) is 5.75 Å². The molecule has 1 aliphatic rings. The van der Waals surface area contributed by atoms with Crippen LogP contribution in [-0.2, 0) is 20.5 Å². The van der Waals surface area contributed by atoms with Crippen LogP contribution in [0.1, 0.15) is 60.5 Å². The average Bonchev–Trinajstić information content (AvgIpc) is 2.95. The molecule has 0 radical (unpaired) electrons. The van der Waals surface area contributed by atoms with Gasteiger partial charge in [0.1, 0.15) is 11.4 Å². The first-order valence-corrected chi connectivity index (χ1v) is 11.6. The molecule has 0 aromatic heterocycles. The van der Waals surface area contributed by atoms with Gasteiger partial charge < -0.3 is 9.47 Å². The number of fused-ring (bicyclic) bond motifs is 1. The lowest BCUT2D eigenvalue weighted by Crippen LogP contribution is -2.43. The van der Waals surface area contributed by atoms with Gasteiger partial charge in [0, 0.05) is 11.1 Å². The molecule has 33 heavy (non-hydrogen) atoms. The van der Waals surface area contributed by atoms with Crippen molar-refractivity contribution in [2.75, 3.05) is 12.0 Å². The minimum absolute atomic E-state index is 0.115. The number of anilines is 1. The van der Waals surface area contributed by atoms with Crippen molar-refractivity contribution in [3.63, 3.8) is 0 Å². The van der Waals surface area contributed by atoms with Crippen LogP contribution in [0.25, 0.3) is 5.57 Å². The van der Waals surface area contributed by atoms with Gasteiger partial charge in [-0.15, -0.1) is 0 Å². The molecule has 10 heteroatoms. The monoisotopic (exact) mass is 486 g/mol. The lowest BCUT2D eigenvalue weighted by atomic mass is 9.97. The first-order chi connectivity index (χ1) is 15.1. The summed E-state index contributed by atoms with van der Waals surface area (Å²) in [4.78, 5) is 27.0. The second kappa shape index (κ2) is 9.89. The van der Waals surface area contributed by atoms with Crippen molar-refractivity contribution in [1.29, 1.82) is 0 Å². The first-order valence-electron chi connectivity index (χ1n) is 10.5. The van der Waals surface area contributed by atoms with Crippen LogP contribution in [0.4, 0.5) is 19.3 Å². The predicted octanol–water partition coefficient (Wildman–Crippen LogP) is 4.83. The van der Waals surface area contributed by atoms with E-state index in [4.69, 9.17) is 9.47 Å². The van der Waals surface area contributed by atoms with Gasteiger partial charge in [-0.05, 0) is 73.1 Å². The second-order valence-electron chi connectivity index (χ2n) is 9.80. The fourth-order valence-corrected chi connectivity index (χ4v) is 4.02. The second-order valence-corrected chi connectivity index (χ2v) is 11.8. The number of imide groups is 1. The Morgan fingerprint density at radius 3 is 2.27 bits per heavy atom. The van der Waals surface area contributed by atoms with Gasteiger partial charge >= 0.3 is 6.09 Å². The van der Waals surface area contributed by atoms with Crippen molar-refractivity contribution < 1.29 is 32.1 Å². The highest BCUT2D eigenvalue weighted by molar-refractivity contribution is 7.84. The molecule has 0 saturated heterocycles. The van der Waals surface area contributed by atoms with Gasteiger partial charge in [0.15, 0.2) is 0 Å². The molecular weight excluding hydrogens is 454 g/mol. The van der Waals surface area contributed by atoms with E-state index >= 15 is 0 Å². The lowest BCUT2D eigenvalue weighted by Gasteiger charge is -2.24. The summed E-state index contributed by atoms with van der Waals surface area (Å²) >= 11 is 0. The molecule has 1 aromatic rings. The highest BCUT2D eigenvalue weighted by atomic mass is 32.2. The number of hydrogen-bond acceptors (Lipinski definition) is 5. The summed E-state index contributed by atoms with van der Waals surface area (Å²) in [5, 5.41) is 0. The Kier molecular flexibility index (Phi) is 8.06. The molecule has 184 valence electrons. The van der Waals surface area contributed by atoms with Crippen molar-refractivity contribution in [3.05, 3.63) is 29.3 Å². The molecule has 2 amide bonds. The minimum atomic E-state index is -2.82. The molecule has 0 fully saturated rings. The number of nitrogens with zero attached hydrogens (tertiary/aromatic N) is 1. The fraction of sp³-hybridized carbons (Fsp3) is 0.565. The van der Waals surface area contributed by atoms with E-state index in [9.17, 15) is 22.6 Å². The Hall–Kier alpha value is -2.33. The number of alkyl halides is 2. The maximum Gasteiger partial charge on any atom is 0.422 e. The number of carbonyl (C=O) groups excluding carboxylic acids is 2. The topological polar surface area (TPSA) is 84.9 Å². The predicted molar refractivity (Wildman–Crippen MR) is 125 cm³/mol. The van der Waals surface area contributed by atoms with Crippen LogP contribution < -0.4 is 14.4 Å². The SMILES string of the molecule is COc1ccc2c(c1)/C(=C(\C)C[C@H](NS(=O)C(C)(C)C)C(F)F)C(=O)N2C(=O)OC(C)(C)C. The normalized spacial score (nSPS) is 17.7. The Balaban J connectivity index is 2.51. The Morgan fingerprint density at radius 2 is 1.79 bits per heavy atom. The van der Waals surface area contributed by atoms with Gasteiger partial charge in [0.25, 0.3) is 12.3 Å². The third-order valence-electron chi connectivity index (χ3n) is 4.78. The summed E-state index contributed by atoms with van der Waals surface area (Å²) < 4.78 is 52.3. The zero-order valence-electron chi connectivity index (χ0n) is 20.2. The number of benzene rings is 1. The quantitative estimate of drug-likeness (QED) is 0.583. The number of ether oxygens (including phenoxy) is 2. The number of hydrogen-bond donors (Lipinski definition) is 1. The number of carbonyl (C=O) groups is 2. The molecule has 1 heterocycles. The molecule has 7 nitrogen and oxygen atoms in total. The molecule has 0 saturated carbocycles. The van der Waals surface area contributed by atoms with Gasteiger partial charge in [-0.1, -0.05) is 5.57 Å². The van der Waals surface area contributed by atoms with E-state index in [1.165, 1.54) is 7.11 Å². The number of rotatable bonds is 6. The summed E-state index contributed by atoms with van der Waals surface area (Å²) in [6.07, 6.45) is -3.94. The third-order valence-corrected chi connectivity index (χ3v) is 6.41. The molecule has 1 unspecified atom stereocenters. The van der Waals surface area contributed by atoms with E-state index in [0.717, 1.165) is 4.90 Å².